The summed E-state index contributed by atoms with van der Waals surface area (Å²) in [5, 5.41) is 0.786. The fraction of sp³-hybridized carbons (Fsp3) is 0.300. The van der Waals surface area contributed by atoms with Crippen LogP contribution in [0.15, 0.2) is 24.3 Å². The van der Waals surface area contributed by atoms with Crippen LogP contribution in [0.25, 0.3) is 0 Å². The molecule has 1 aromatic rings. The largest absolute Gasteiger partial charge is 0.286 e. The quantitative estimate of drug-likeness (QED) is 0.616. The minimum Gasteiger partial charge on any atom is -0.286 e. The zero-order chi connectivity index (χ0) is 9.84. The van der Waals surface area contributed by atoms with Gasteiger partial charge in [-0.1, -0.05) is 47.1 Å². The van der Waals surface area contributed by atoms with E-state index in [4.69, 9.17) is 0 Å². The van der Waals surface area contributed by atoms with Gasteiger partial charge in [-0.25, -0.2) is 0 Å². The van der Waals surface area contributed by atoms with E-state index in [2.05, 4.69) is 31.9 Å². The zero-order valence-corrected chi connectivity index (χ0v) is 10.4. The van der Waals surface area contributed by atoms with E-state index in [9.17, 15) is 4.79 Å². The average molecular weight is 306 g/mol. The Morgan fingerprint density at radius 3 is 2.62 bits per heavy atom. The van der Waals surface area contributed by atoms with Gasteiger partial charge in [0.15, 0.2) is 0 Å². The van der Waals surface area contributed by atoms with Crippen LogP contribution < -0.4 is 0 Å². The van der Waals surface area contributed by atoms with Crippen LogP contribution in [0.3, 0.4) is 0 Å². The maximum absolute atomic E-state index is 11.1. The predicted molar refractivity (Wildman–Crippen MR) is 61.4 cm³/mol. The van der Waals surface area contributed by atoms with Gasteiger partial charge in [0.2, 0.25) is 4.69 Å². The summed E-state index contributed by atoms with van der Waals surface area (Å²) in [6, 6.07) is 7.94. The number of carbonyl (C=O) groups excluding carboxylic acids is 1. The number of carbonyl (C=O) groups is 1. The molecule has 1 aromatic carbocycles. The second-order valence-corrected chi connectivity index (χ2v) is 4.20. The van der Waals surface area contributed by atoms with E-state index in [1.54, 1.807) is 0 Å². The van der Waals surface area contributed by atoms with Gasteiger partial charge in [0.05, 0.1) is 5.92 Å². The highest BCUT2D eigenvalue weighted by Gasteiger charge is 2.14. The lowest BCUT2D eigenvalue weighted by molar-refractivity contribution is -0.111. The van der Waals surface area contributed by atoms with Crippen molar-refractivity contribution in [3.63, 3.8) is 0 Å². The Labute approximate surface area is 94.8 Å². The third-order valence-electron chi connectivity index (χ3n) is 2.01. The third-order valence-corrected chi connectivity index (χ3v) is 3.30. The molecule has 0 amide bonds. The Kier molecular flexibility index (Phi) is 4.13. The Balaban J connectivity index is 3.05. The van der Waals surface area contributed by atoms with Crippen LogP contribution in [-0.2, 0) is 10.1 Å². The number of hydrogen-bond acceptors (Lipinski definition) is 1. The van der Waals surface area contributed by atoms with Crippen LogP contribution in [0, 0.1) is 0 Å². The number of benzene rings is 1. The molecule has 13 heavy (non-hydrogen) atoms. The molecule has 0 radical (unpaired) electrons. The van der Waals surface area contributed by atoms with Crippen LogP contribution >= 0.6 is 31.9 Å². The van der Waals surface area contributed by atoms with Crippen molar-refractivity contribution in [2.75, 3.05) is 0 Å². The normalized spacial score (nSPS) is 12.5. The van der Waals surface area contributed by atoms with Crippen molar-refractivity contribution in [1.29, 1.82) is 0 Å². The van der Waals surface area contributed by atoms with E-state index in [0.717, 1.165) is 10.9 Å². The highest BCUT2D eigenvalue weighted by molar-refractivity contribution is 9.18. The van der Waals surface area contributed by atoms with Gasteiger partial charge in [0, 0.05) is 5.33 Å². The van der Waals surface area contributed by atoms with Gasteiger partial charge in [-0.2, -0.15) is 0 Å². The van der Waals surface area contributed by atoms with Gasteiger partial charge in [-0.05, 0) is 27.1 Å². The topological polar surface area (TPSA) is 17.1 Å². The summed E-state index contributed by atoms with van der Waals surface area (Å²) in [4.78, 5) is 11.1. The smallest absolute Gasteiger partial charge is 0.204 e. The molecule has 0 aromatic heterocycles. The van der Waals surface area contributed by atoms with E-state index >= 15 is 0 Å². The molecule has 70 valence electrons. The first kappa shape index (κ1) is 10.9. The zero-order valence-electron chi connectivity index (χ0n) is 7.26. The molecular weight excluding hydrogens is 296 g/mol. The van der Waals surface area contributed by atoms with Gasteiger partial charge in [-0.15, -0.1) is 0 Å². The van der Waals surface area contributed by atoms with Crippen LogP contribution in [0.2, 0.25) is 0 Å². The van der Waals surface area contributed by atoms with Gasteiger partial charge in [0.25, 0.3) is 0 Å². The number of hydrogen-bond donors (Lipinski definition) is 0. The lowest BCUT2D eigenvalue weighted by Gasteiger charge is -2.10. The van der Waals surface area contributed by atoms with Crippen molar-refractivity contribution < 1.29 is 4.79 Å². The van der Waals surface area contributed by atoms with Crippen molar-refractivity contribution in [1.82, 2.24) is 0 Å². The highest BCUT2D eigenvalue weighted by atomic mass is 79.9. The summed E-state index contributed by atoms with van der Waals surface area (Å²) in [5.74, 6) is -0.0752. The Morgan fingerprint density at radius 1 is 1.46 bits per heavy atom. The van der Waals surface area contributed by atoms with Crippen molar-refractivity contribution in [2.45, 2.75) is 18.2 Å². The molecule has 0 aliphatic carbocycles. The van der Waals surface area contributed by atoms with Crippen molar-refractivity contribution in [3.8, 4) is 0 Å². The summed E-state index contributed by atoms with van der Waals surface area (Å²) in [6.45, 7) is 1.90. The molecule has 0 heterocycles. The van der Waals surface area contributed by atoms with E-state index in [-0.39, 0.29) is 10.6 Å². The number of rotatable bonds is 3. The predicted octanol–water partition coefficient (Wildman–Crippen LogP) is 3.61. The molecule has 0 unspecified atom stereocenters. The van der Waals surface area contributed by atoms with Gasteiger partial charge < -0.3 is 0 Å². The van der Waals surface area contributed by atoms with Gasteiger partial charge in [-0.3, -0.25) is 4.79 Å². The molecule has 0 spiro atoms. The van der Waals surface area contributed by atoms with Crippen molar-refractivity contribution in [2.24, 2.45) is 0 Å². The van der Waals surface area contributed by atoms with E-state index in [0.29, 0.717) is 0 Å². The molecule has 3 heteroatoms. The Morgan fingerprint density at radius 2 is 2.08 bits per heavy atom. The van der Waals surface area contributed by atoms with Crippen LogP contribution in [-0.4, -0.2) is 4.69 Å². The number of halogens is 2. The lowest BCUT2D eigenvalue weighted by Crippen LogP contribution is -2.03. The van der Waals surface area contributed by atoms with Gasteiger partial charge >= 0.3 is 0 Å². The van der Waals surface area contributed by atoms with Crippen LogP contribution in [0.1, 0.15) is 24.0 Å². The maximum Gasteiger partial charge on any atom is 0.204 e. The molecule has 0 fully saturated rings. The summed E-state index contributed by atoms with van der Waals surface area (Å²) >= 11 is 6.38. The van der Waals surface area contributed by atoms with Crippen LogP contribution in [0.5, 0.6) is 0 Å². The third kappa shape index (κ3) is 2.64. The molecule has 0 saturated carbocycles. The Hall–Kier alpha value is -0.150. The molecule has 0 aliphatic rings. The first-order valence-electron chi connectivity index (χ1n) is 4.00. The summed E-state index contributed by atoms with van der Waals surface area (Å²) in [5.41, 5.74) is 2.25. The second-order valence-electron chi connectivity index (χ2n) is 2.86. The molecule has 1 rings (SSSR count). The fourth-order valence-corrected chi connectivity index (χ4v) is 1.96. The molecule has 0 saturated heterocycles. The lowest BCUT2D eigenvalue weighted by atomic mass is 9.98. The molecule has 0 aliphatic heterocycles. The summed E-state index contributed by atoms with van der Waals surface area (Å²) < 4.78 is 0.0286. The highest BCUT2D eigenvalue weighted by Crippen LogP contribution is 2.24. The standard InChI is InChI=1S/C10H10Br2O/c1-7(10(12)13)9-5-3-2-4-8(9)6-11/h2-5,7H,6H2,1H3/t7-/m0/s1. The van der Waals surface area contributed by atoms with E-state index in [1.165, 1.54) is 5.56 Å². The molecular formula is C10H10Br2O. The summed E-state index contributed by atoms with van der Waals surface area (Å²) in [7, 11) is 0. The van der Waals surface area contributed by atoms with E-state index < -0.39 is 0 Å². The first-order chi connectivity index (χ1) is 6.16. The van der Waals surface area contributed by atoms with Crippen LogP contribution in [0.4, 0.5) is 0 Å². The molecule has 0 N–H and O–H groups in total. The van der Waals surface area contributed by atoms with E-state index in [1.807, 2.05) is 31.2 Å². The fourth-order valence-electron chi connectivity index (χ4n) is 1.20. The monoisotopic (exact) mass is 304 g/mol. The molecule has 1 atom stereocenters. The maximum atomic E-state index is 11.1. The minimum atomic E-state index is -0.0752. The number of alkyl halides is 1. The molecule has 1 nitrogen and oxygen atoms in total. The van der Waals surface area contributed by atoms with Gasteiger partial charge in [0.1, 0.15) is 0 Å². The molecule has 0 bridgehead atoms. The summed E-state index contributed by atoms with van der Waals surface area (Å²) in [6.07, 6.45) is 0. The SMILES string of the molecule is C[C@H](C(=O)Br)c1ccccc1CBr. The van der Waals surface area contributed by atoms with Crippen molar-refractivity contribution in [3.05, 3.63) is 35.4 Å². The average Bonchev–Trinajstić information content (AvgIpc) is 2.16. The van der Waals surface area contributed by atoms with Crippen molar-refractivity contribution >= 4 is 36.6 Å². The second kappa shape index (κ2) is 4.91. The first-order valence-corrected chi connectivity index (χ1v) is 5.91. The Bertz CT molecular complexity index is 310. The minimum absolute atomic E-state index is 0.0286.